The maximum absolute atomic E-state index is 12.0. The van der Waals surface area contributed by atoms with Gasteiger partial charge in [0.25, 0.3) is 0 Å². The fourth-order valence-electron chi connectivity index (χ4n) is 2.19. The number of anilines is 1. The van der Waals surface area contributed by atoms with Gasteiger partial charge in [-0.05, 0) is 30.9 Å². The molecule has 0 saturated carbocycles. The van der Waals surface area contributed by atoms with Crippen LogP contribution in [0.3, 0.4) is 0 Å². The molecular formula is C16H17N3O4S. The summed E-state index contributed by atoms with van der Waals surface area (Å²) in [6, 6.07) is 5.69. The van der Waals surface area contributed by atoms with E-state index in [9.17, 15) is 4.79 Å². The van der Waals surface area contributed by atoms with Crippen molar-refractivity contribution in [2.75, 3.05) is 25.0 Å². The third kappa shape index (κ3) is 3.53. The number of nitrogens with one attached hydrogen (secondary N) is 1. The number of carbonyl (C=O) groups is 1. The molecule has 8 heteroatoms. The summed E-state index contributed by atoms with van der Waals surface area (Å²) >= 11 is 1.40. The lowest BCUT2D eigenvalue weighted by Crippen LogP contribution is -2.12. The van der Waals surface area contributed by atoms with E-state index in [0.717, 1.165) is 11.3 Å². The molecular weight excluding hydrogens is 330 g/mol. The summed E-state index contributed by atoms with van der Waals surface area (Å²) < 4.78 is 15.7. The number of rotatable bonds is 6. The van der Waals surface area contributed by atoms with Gasteiger partial charge < -0.3 is 19.5 Å². The number of benzene rings is 1. The zero-order chi connectivity index (χ0) is 16.9. The number of thioether (sulfide) groups is 1. The van der Waals surface area contributed by atoms with Crippen LogP contribution in [0.2, 0.25) is 0 Å². The molecule has 0 atom stereocenters. The molecule has 0 aliphatic carbocycles. The summed E-state index contributed by atoms with van der Waals surface area (Å²) in [7, 11) is 0. The van der Waals surface area contributed by atoms with Crippen LogP contribution in [0.5, 0.6) is 11.5 Å². The highest BCUT2D eigenvalue weighted by Gasteiger charge is 2.17. The topological polar surface area (TPSA) is 82.6 Å². The molecule has 1 aliphatic rings. The molecule has 0 bridgehead atoms. The summed E-state index contributed by atoms with van der Waals surface area (Å²) in [5.41, 5.74) is 1.30. The van der Waals surface area contributed by atoms with Gasteiger partial charge in [-0.3, -0.25) is 0 Å². The Kier molecular flexibility index (Phi) is 5.05. The average Bonchev–Trinajstić information content (AvgIpc) is 3.07. The van der Waals surface area contributed by atoms with Crippen molar-refractivity contribution in [1.82, 2.24) is 9.97 Å². The van der Waals surface area contributed by atoms with Crippen molar-refractivity contribution in [1.29, 1.82) is 0 Å². The molecule has 1 aliphatic heterocycles. The summed E-state index contributed by atoms with van der Waals surface area (Å²) in [4.78, 5) is 20.5. The van der Waals surface area contributed by atoms with Crippen molar-refractivity contribution in [2.24, 2.45) is 0 Å². The molecule has 0 amide bonds. The van der Waals surface area contributed by atoms with Crippen LogP contribution in [0.1, 0.15) is 22.8 Å². The SMILES string of the molecule is CCOC(=O)c1cnc(SC)nc1NCc1ccc2c(c1)OCO2. The largest absolute Gasteiger partial charge is 0.462 e. The summed E-state index contributed by atoms with van der Waals surface area (Å²) in [6.45, 7) is 2.77. The van der Waals surface area contributed by atoms with Crippen molar-refractivity contribution in [3.63, 3.8) is 0 Å². The summed E-state index contributed by atoms with van der Waals surface area (Å²) in [5.74, 6) is 1.45. The molecule has 0 radical (unpaired) electrons. The van der Waals surface area contributed by atoms with E-state index in [-0.39, 0.29) is 6.79 Å². The highest BCUT2D eigenvalue weighted by molar-refractivity contribution is 7.98. The normalized spacial score (nSPS) is 12.1. The fourth-order valence-corrected chi connectivity index (χ4v) is 2.53. The maximum atomic E-state index is 12.0. The van der Waals surface area contributed by atoms with Gasteiger partial charge in [0.15, 0.2) is 16.7 Å². The first kappa shape index (κ1) is 16.4. The van der Waals surface area contributed by atoms with E-state index >= 15 is 0 Å². The predicted molar refractivity (Wildman–Crippen MR) is 89.7 cm³/mol. The maximum Gasteiger partial charge on any atom is 0.343 e. The van der Waals surface area contributed by atoms with Crippen LogP contribution in [0.4, 0.5) is 5.82 Å². The van der Waals surface area contributed by atoms with Crippen LogP contribution in [0.25, 0.3) is 0 Å². The third-order valence-corrected chi connectivity index (χ3v) is 3.90. The molecule has 1 N–H and O–H groups in total. The Labute approximate surface area is 143 Å². The Morgan fingerprint density at radius 1 is 1.38 bits per heavy atom. The third-order valence-electron chi connectivity index (χ3n) is 3.34. The van der Waals surface area contributed by atoms with Gasteiger partial charge in [-0.2, -0.15) is 0 Å². The molecule has 0 saturated heterocycles. The van der Waals surface area contributed by atoms with Crippen molar-refractivity contribution < 1.29 is 19.0 Å². The Bertz CT molecular complexity index is 754. The molecule has 0 unspecified atom stereocenters. The number of hydrogen-bond donors (Lipinski definition) is 1. The first-order chi connectivity index (χ1) is 11.7. The lowest BCUT2D eigenvalue weighted by molar-refractivity contribution is 0.0526. The van der Waals surface area contributed by atoms with Gasteiger partial charge in [0, 0.05) is 12.7 Å². The smallest absolute Gasteiger partial charge is 0.343 e. The molecule has 24 heavy (non-hydrogen) atoms. The van der Waals surface area contributed by atoms with Crippen molar-refractivity contribution >= 4 is 23.5 Å². The van der Waals surface area contributed by atoms with E-state index < -0.39 is 5.97 Å². The lowest BCUT2D eigenvalue weighted by Gasteiger charge is -2.11. The van der Waals surface area contributed by atoms with E-state index in [2.05, 4.69) is 15.3 Å². The summed E-state index contributed by atoms with van der Waals surface area (Å²) in [5, 5.41) is 3.75. The first-order valence-electron chi connectivity index (χ1n) is 7.41. The Morgan fingerprint density at radius 3 is 3.00 bits per heavy atom. The number of carbonyl (C=O) groups excluding carboxylic acids is 1. The second-order valence-electron chi connectivity index (χ2n) is 4.88. The number of nitrogens with zero attached hydrogens (tertiary/aromatic N) is 2. The van der Waals surface area contributed by atoms with E-state index in [4.69, 9.17) is 14.2 Å². The van der Waals surface area contributed by atoms with Crippen molar-refractivity contribution in [3.8, 4) is 11.5 Å². The van der Waals surface area contributed by atoms with Crippen LogP contribution in [0.15, 0.2) is 29.6 Å². The molecule has 7 nitrogen and oxygen atoms in total. The number of ether oxygens (including phenoxy) is 3. The Morgan fingerprint density at radius 2 is 2.21 bits per heavy atom. The zero-order valence-corrected chi connectivity index (χ0v) is 14.2. The van der Waals surface area contributed by atoms with Gasteiger partial charge in [-0.25, -0.2) is 14.8 Å². The van der Waals surface area contributed by atoms with Crippen LogP contribution < -0.4 is 14.8 Å². The molecule has 126 valence electrons. The van der Waals surface area contributed by atoms with Gasteiger partial charge in [0.2, 0.25) is 6.79 Å². The number of hydrogen-bond acceptors (Lipinski definition) is 8. The van der Waals surface area contributed by atoms with Crippen molar-refractivity contribution in [2.45, 2.75) is 18.6 Å². The van der Waals surface area contributed by atoms with E-state index in [1.165, 1.54) is 18.0 Å². The molecule has 2 aromatic rings. The molecule has 3 rings (SSSR count). The molecule has 1 aromatic carbocycles. The van der Waals surface area contributed by atoms with E-state index in [1.54, 1.807) is 6.92 Å². The fraction of sp³-hybridized carbons (Fsp3) is 0.312. The van der Waals surface area contributed by atoms with Crippen LogP contribution >= 0.6 is 11.8 Å². The van der Waals surface area contributed by atoms with Gasteiger partial charge in [0.1, 0.15) is 11.4 Å². The highest BCUT2D eigenvalue weighted by atomic mass is 32.2. The van der Waals surface area contributed by atoms with Crippen LogP contribution in [0, 0.1) is 0 Å². The molecule has 0 spiro atoms. The second kappa shape index (κ2) is 7.39. The predicted octanol–water partition coefficient (Wildman–Crippen LogP) is 2.72. The van der Waals surface area contributed by atoms with E-state index in [1.807, 2.05) is 24.5 Å². The average molecular weight is 347 g/mol. The number of fused-ring (bicyclic) bond motifs is 1. The van der Waals surface area contributed by atoms with Gasteiger partial charge in [0.05, 0.1) is 6.61 Å². The molecule has 2 heterocycles. The minimum atomic E-state index is -0.446. The first-order valence-corrected chi connectivity index (χ1v) is 8.64. The lowest BCUT2D eigenvalue weighted by atomic mass is 10.2. The monoisotopic (exact) mass is 347 g/mol. The Balaban J connectivity index is 1.79. The standard InChI is InChI=1S/C16H17N3O4S/c1-3-21-15(20)11-8-18-16(24-2)19-14(11)17-7-10-4-5-12-13(6-10)23-9-22-12/h4-6,8H,3,7,9H2,1-2H3,(H,17,18,19). The zero-order valence-electron chi connectivity index (χ0n) is 13.4. The molecule has 0 fully saturated rings. The number of aromatic nitrogens is 2. The van der Waals surface area contributed by atoms with E-state index in [0.29, 0.717) is 35.4 Å². The van der Waals surface area contributed by atoms with Crippen LogP contribution in [-0.2, 0) is 11.3 Å². The minimum absolute atomic E-state index is 0.238. The van der Waals surface area contributed by atoms with Crippen molar-refractivity contribution in [3.05, 3.63) is 35.5 Å². The van der Waals surface area contributed by atoms with Gasteiger partial charge in [-0.15, -0.1) is 0 Å². The highest BCUT2D eigenvalue weighted by Crippen LogP contribution is 2.32. The van der Waals surface area contributed by atoms with Gasteiger partial charge >= 0.3 is 5.97 Å². The quantitative estimate of drug-likeness (QED) is 0.485. The minimum Gasteiger partial charge on any atom is -0.462 e. The van der Waals surface area contributed by atoms with Gasteiger partial charge in [-0.1, -0.05) is 17.8 Å². The molecule has 1 aromatic heterocycles. The summed E-state index contributed by atoms with van der Waals surface area (Å²) in [6.07, 6.45) is 3.36. The van der Waals surface area contributed by atoms with Crippen LogP contribution in [-0.4, -0.2) is 35.6 Å². The second-order valence-corrected chi connectivity index (χ2v) is 5.65. The number of esters is 1. The Hall–Kier alpha value is -2.48.